The van der Waals surface area contributed by atoms with Crippen molar-refractivity contribution in [3.05, 3.63) is 64.5 Å². The second-order valence-corrected chi connectivity index (χ2v) is 5.31. The van der Waals surface area contributed by atoms with E-state index in [1.165, 1.54) is 17.0 Å². The fourth-order valence-corrected chi connectivity index (χ4v) is 2.55. The summed E-state index contributed by atoms with van der Waals surface area (Å²) in [5.74, 6) is -1.40. The number of aryl methyl sites for hydroxylation is 2. The van der Waals surface area contributed by atoms with E-state index in [4.69, 9.17) is 0 Å². The number of ketones is 1. The molecule has 0 aliphatic carbocycles. The number of Topliss-reactive ketones (excluding diaryl/α,β-unsaturated/α-hetero) is 1. The smallest absolute Gasteiger partial charge is 0.299 e. The Hall–Kier alpha value is -2.49. The Morgan fingerprint density at radius 3 is 2.57 bits per heavy atom. The van der Waals surface area contributed by atoms with Gasteiger partial charge in [0, 0.05) is 0 Å². The van der Waals surface area contributed by atoms with Crippen LogP contribution in [0.4, 0.5) is 10.1 Å². The summed E-state index contributed by atoms with van der Waals surface area (Å²) in [5.41, 5.74) is 3.54. The maximum Gasteiger partial charge on any atom is 0.299 e. The molecule has 2 aromatic rings. The molecule has 0 N–H and O–H groups in total. The number of halogens is 1. The van der Waals surface area contributed by atoms with Crippen molar-refractivity contribution in [2.24, 2.45) is 0 Å². The first-order valence-corrected chi connectivity index (χ1v) is 6.69. The Balaban J connectivity index is 2.02. The van der Waals surface area contributed by atoms with Crippen molar-refractivity contribution in [1.82, 2.24) is 0 Å². The third-order valence-electron chi connectivity index (χ3n) is 3.77. The highest BCUT2D eigenvalue weighted by Gasteiger charge is 2.35. The monoisotopic (exact) mass is 283 g/mol. The highest BCUT2D eigenvalue weighted by atomic mass is 19.1. The molecule has 0 unspecified atom stereocenters. The van der Waals surface area contributed by atoms with Crippen LogP contribution < -0.4 is 4.90 Å². The molecule has 0 bridgehead atoms. The Bertz CT molecular complexity index is 767. The molecule has 0 aromatic heterocycles. The molecule has 0 saturated carbocycles. The molecule has 1 heterocycles. The van der Waals surface area contributed by atoms with Gasteiger partial charge in [-0.05, 0) is 49.2 Å². The zero-order chi connectivity index (χ0) is 15.1. The number of hydrogen-bond donors (Lipinski definition) is 0. The standard InChI is InChI=1S/C17H14FNO2/c1-10-3-6-15-14(7-10)16(20)17(21)19(15)9-12-8-13(18)5-4-11(12)2/h3-8H,9H2,1-2H3. The Morgan fingerprint density at radius 2 is 1.81 bits per heavy atom. The number of nitrogens with zero attached hydrogens (tertiary/aromatic N) is 1. The van der Waals surface area contributed by atoms with Crippen molar-refractivity contribution in [2.75, 3.05) is 4.90 Å². The van der Waals surface area contributed by atoms with Gasteiger partial charge >= 0.3 is 0 Å². The Kier molecular flexibility index (Phi) is 3.09. The van der Waals surface area contributed by atoms with Gasteiger partial charge in [0.2, 0.25) is 0 Å². The topological polar surface area (TPSA) is 37.4 Å². The lowest BCUT2D eigenvalue weighted by Crippen LogP contribution is -2.29. The summed E-state index contributed by atoms with van der Waals surface area (Å²) in [5, 5.41) is 0. The number of hydrogen-bond acceptors (Lipinski definition) is 2. The van der Waals surface area contributed by atoms with E-state index in [2.05, 4.69) is 0 Å². The molecule has 2 aromatic carbocycles. The van der Waals surface area contributed by atoms with Crippen LogP contribution in [-0.2, 0) is 11.3 Å². The summed E-state index contributed by atoms with van der Waals surface area (Å²) in [6, 6.07) is 9.79. The minimum Gasteiger partial charge on any atom is -0.300 e. The predicted molar refractivity (Wildman–Crippen MR) is 77.8 cm³/mol. The van der Waals surface area contributed by atoms with E-state index in [0.717, 1.165) is 11.1 Å². The van der Waals surface area contributed by atoms with Crippen molar-refractivity contribution in [1.29, 1.82) is 0 Å². The normalized spacial score (nSPS) is 13.8. The third kappa shape index (κ3) is 2.23. The zero-order valence-electron chi connectivity index (χ0n) is 11.8. The quantitative estimate of drug-likeness (QED) is 0.794. The second-order valence-electron chi connectivity index (χ2n) is 5.31. The summed E-state index contributed by atoms with van der Waals surface area (Å²) in [4.78, 5) is 25.6. The fourth-order valence-electron chi connectivity index (χ4n) is 2.55. The van der Waals surface area contributed by atoms with E-state index in [1.807, 2.05) is 19.9 Å². The van der Waals surface area contributed by atoms with Crippen LogP contribution in [0.3, 0.4) is 0 Å². The lowest BCUT2D eigenvalue weighted by Gasteiger charge is -2.18. The predicted octanol–water partition coefficient (Wildman–Crippen LogP) is 3.17. The molecule has 3 nitrogen and oxygen atoms in total. The highest BCUT2D eigenvalue weighted by molar-refractivity contribution is 6.52. The van der Waals surface area contributed by atoms with Crippen LogP contribution in [-0.4, -0.2) is 11.7 Å². The van der Waals surface area contributed by atoms with E-state index >= 15 is 0 Å². The number of benzene rings is 2. The van der Waals surface area contributed by atoms with Gasteiger partial charge in [0.05, 0.1) is 17.8 Å². The molecule has 0 saturated heterocycles. The van der Waals surface area contributed by atoms with Gasteiger partial charge in [-0.1, -0.05) is 17.7 Å². The SMILES string of the molecule is Cc1ccc2c(c1)C(=O)C(=O)N2Cc1cc(F)ccc1C. The molecular weight excluding hydrogens is 269 g/mol. The van der Waals surface area contributed by atoms with Crippen LogP contribution in [0.5, 0.6) is 0 Å². The molecule has 0 fully saturated rings. The highest BCUT2D eigenvalue weighted by Crippen LogP contribution is 2.31. The first kappa shape index (κ1) is 13.5. The largest absolute Gasteiger partial charge is 0.300 e. The van der Waals surface area contributed by atoms with Crippen LogP contribution in [0, 0.1) is 19.7 Å². The maximum absolute atomic E-state index is 13.4. The van der Waals surface area contributed by atoms with Crippen molar-refractivity contribution in [3.63, 3.8) is 0 Å². The molecule has 0 radical (unpaired) electrons. The summed E-state index contributed by atoms with van der Waals surface area (Å²) < 4.78 is 13.4. The van der Waals surface area contributed by atoms with E-state index in [9.17, 15) is 14.0 Å². The summed E-state index contributed by atoms with van der Waals surface area (Å²) in [6.45, 7) is 3.93. The van der Waals surface area contributed by atoms with Gasteiger partial charge in [0.15, 0.2) is 0 Å². The van der Waals surface area contributed by atoms with Crippen molar-refractivity contribution >= 4 is 17.4 Å². The van der Waals surface area contributed by atoms with Gasteiger partial charge in [0.25, 0.3) is 11.7 Å². The van der Waals surface area contributed by atoms with Gasteiger partial charge in [0.1, 0.15) is 5.82 Å². The van der Waals surface area contributed by atoms with Crippen LogP contribution in [0.1, 0.15) is 27.0 Å². The van der Waals surface area contributed by atoms with Crippen LogP contribution in [0.2, 0.25) is 0 Å². The minimum absolute atomic E-state index is 0.199. The number of anilines is 1. The molecule has 1 aliphatic heterocycles. The molecule has 106 valence electrons. The average Bonchev–Trinajstić information content (AvgIpc) is 2.68. The number of rotatable bonds is 2. The van der Waals surface area contributed by atoms with E-state index in [0.29, 0.717) is 16.8 Å². The average molecular weight is 283 g/mol. The first-order chi connectivity index (χ1) is 9.97. The van der Waals surface area contributed by atoms with Gasteiger partial charge in [-0.3, -0.25) is 9.59 Å². The molecular formula is C17H14FNO2. The molecule has 0 spiro atoms. The van der Waals surface area contributed by atoms with Gasteiger partial charge < -0.3 is 4.90 Å². The zero-order valence-corrected chi connectivity index (χ0v) is 11.8. The summed E-state index contributed by atoms with van der Waals surface area (Å²) in [7, 11) is 0. The van der Waals surface area contributed by atoms with E-state index in [-0.39, 0.29) is 12.4 Å². The van der Waals surface area contributed by atoms with Crippen molar-refractivity contribution in [3.8, 4) is 0 Å². The van der Waals surface area contributed by atoms with Crippen LogP contribution >= 0.6 is 0 Å². The lowest BCUT2D eigenvalue weighted by atomic mass is 10.1. The van der Waals surface area contributed by atoms with Crippen molar-refractivity contribution < 1.29 is 14.0 Å². The molecule has 4 heteroatoms. The fraction of sp³-hybridized carbons (Fsp3) is 0.176. The maximum atomic E-state index is 13.4. The second kappa shape index (κ2) is 4.81. The Morgan fingerprint density at radius 1 is 1.05 bits per heavy atom. The molecule has 21 heavy (non-hydrogen) atoms. The van der Waals surface area contributed by atoms with E-state index in [1.54, 1.807) is 18.2 Å². The summed E-state index contributed by atoms with van der Waals surface area (Å²) >= 11 is 0. The summed E-state index contributed by atoms with van der Waals surface area (Å²) in [6.07, 6.45) is 0. The third-order valence-corrected chi connectivity index (χ3v) is 3.77. The van der Waals surface area contributed by atoms with Crippen LogP contribution in [0.15, 0.2) is 36.4 Å². The van der Waals surface area contributed by atoms with Gasteiger partial charge in [-0.2, -0.15) is 0 Å². The first-order valence-electron chi connectivity index (χ1n) is 6.69. The number of fused-ring (bicyclic) bond motifs is 1. The van der Waals surface area contributed by atoms with Crippen LogP contribution in [0.25, 0.3) is 0 Å². The molecule has 3 rings (SSSR count). The number of carbonyl (C=O) groups excluding carboxylic acids is 2. The Labute approximate surface area is 122 Å². The molecule has 1 aliphatic rings. The van der Waals surface area contributed by atoms with Gasteiger partial charge in [-0.25, -0.2) is 4.39 Å². The van der Waals surface area contributed by atoms with E-state index < -0.39 is 11.7 Å². The number of amides is 1. The molecule has 0 atom stereocenters. The molecule has 1 amide bonds. The van der Waals surface area contributed by atoms with Gasteiger partial charge in [-0.15, -0.1) is 0 Å². The lowest BCUT2D eigenvalue weighted by molar-refractivity contribution is -0.114. The number of carbonyl (C=O) groups is 2. The minimum atomic E-state index is -0.556. The van der Waals surface area contributed by atoms with Crippen molar-refractivity contribution in [2.45, 2.75) is 20.4 Å².